The summed E-state index contributed by atoms with van der Waals surface area (Å²) in [5, 5.41) is 20.4. The number of fused-ring (bicyclic) bond motifs is 1. The fourth-order valence-corrected chi connectivity index (χ4v) is 1.68. The van der Waals surface area contributed by atoms with Gasteiger partial charge in [-0.05, 0) is 23.8 Å². The van der Waals surface area contributed by atoms with Crippen molar-refractivity contribution < 1.29 is 15.0 Å². The van der Waals surface area contributed by atoms with Gasteiger partial charge in [0.05, 0.1) is 5.56 Å². The van der Waals surface area contributed by atoms with Crippen molar-refractivity contribution in [1.82, 2.24) is 0 Å². The number of phenolic OH excluding ortho intramolecular Hbond substituents is 2. The van der Waals surface area contributed by atoms with E-state index in [4.69, 9.17) is 0 Å². The van der Waals surface area contributed by atoms with Crippen LogP contribution in [0.3, 0.4) is 0 Å². The third-order valence-corrected chi connectivity index (χ3v) is 2.35. The highest BCUT2D eigenvalue weighted by atomic mass is 16.3. The van der Waals surface area contributed by atoms with Gasteiger partial charge in [-0.3, -0.25) is 4.79 Å². The molecule has 2 aromatic carbocycles. The molecule has 0 aliphatic heterocycles. The second-order valence-corrected chi connectivity index (χ2v) is 3.40. The minimum absolute atomic E-state index is 0.172. The number of ketones is 1. The van der Waals surface area contributed by atoms with Gasteiger partial charge in [0.1, 0.15) is 0 Å². The summed E-state index contributed by atoms with van der Waals surface area (Å²) in [6, 6.07) is 8.55. The molecule has 76 valence electrons. The lowest BCUT2D eigenvalue weighted by atomic mass is 10.0. The van der Waals surface area contributed by atoms with E-state index in [9.17, 15) is 15.0 Å². The van der Waals surface area contributed by atoms with Gasteiger partial charge in [0.2, 0.25) is 0 Å². The molecule has 0 heterocycles. The predicted octanol–water partition coefficient (Wildman–Crippen LogP) is 2.45. The van der Waals surface area contributed by atoms with Gasteiger partial charge >= 0.3 is 0 Å². The zero-order valence-electron chi connectivity index (χ0n) is 8.19. The first-order valence-electron chi connectivity index (χ1n) is 4.56. The molecule has 2 N–H and O–H groups in total. The van der Waals surface area contributed by atoms with Crippen LogP contribution in [0.1, 0.15) is 17.3 Å². The average molecular weight is 202 g/mol. The molecular formula is C12H10O3. The van der Waals surface area contributed by atoms with E-state index < -0.39 is 0 Å². The second kappa shape index (κ2) is 3.28. The summed E-state index contributed by atoms with van der Waals surface area (Å²) in [7, 11) is 0. The summed E-state index contributed by atoms with van der Waals surface area (Å²) < 4.78 is 0. The number of benzene rings is 2. The molecule has 0 spiro atoms. The SMILES string of the molecule is CC(=O)c1c(O)c(O)cc2ccccc12. The molecule has 0 bridgehead atoms. The Morgan fingerprint density at radius 3 is 2.53 bits per heavy atom. The molecule has 0 amide bonds. The average Bonchev–Trinajstić information content (AvgIpc) is 2.19. The highest BCUT2D eigenvalue weighted by Gasteiger charge is 2.14. The van der Waals surface area contributed by atoms with E-state index in [0.717, 1.165) is 5.39 Å². The quantitative estimate of drug-likeness (QED) is 0.551. The number of rotatable bonds is 1. The van der Waals surface area contributed by atoms with Crippen molar-refractivity contribution in [3.63, 3.8) is 0 Å². The van der Waals surface area contributed by atoms with Crippen molar-refractivity contribution in [3.8, 4) is 11.5 Å². The molecule has 0 aliphatic rings. The third kappa shape index (κ3) is 1.42. The Balaban J connectivity index is 2.95. The van der Waals surface area contributed by atoms with Crippen LogP contribution in [0.25, 0.3) is 10.8 Å². The Morgan fingerprint density at radius 2 is 1.87 bits per heavy atom. The smallest absolute Gasteiger partial charge is 0.169 e. The molecule has 0 fully saturated rings. The van der Waals surface area contributed by atoms with E-state index in [1.165, 1.54) is 13.0 Å². The van der Waals surface area contributed by atoms with Crippen LogP contribution >= 0.6 is 0 Å². The summed E-state index contributed by atoms with van der Waals surface area (Å²) in [5.41, 5.74) is 0.172. The Bertz CT molecular complexity index is 544. The lowest BCUT2D eigenvalue weighted by Gasteiger charge is -2.07. The summed E-state index contributed by atoms with van der Waals surface area (Å²) in [6.45, 7) is 1.36. The highest BCUT2D eigenvalue weighted by molar-refractivity contribution is 6.10. The maximum absolute atomic E-state index is 11.4. The Labute approximate surface area is 86.6 Å². The van der Waals surface area contributed by atoms with Crippen molar-refractivity contribution >= 4 is 16.6 Å². The molecule has 2 aromatic rings. The first-order valence-corrected chi connectivity index (χ1v) is 4.56. The Kier molecular flexibility index (Phi) is 2.08. The molecule has 3 heteroatoms. The molecule has 0 radical (unpaired) electrons. The van der Waals surface area contributed by atoms with Gasteiger partial charge in [0.25, 0.3) is 0 Å². The van der Waals surface area contributed by atoms with Crippen molar-refractivity contribution in [1.29, 1.82) is 0 Å². The van der Waals surface area contributed by atoms with Gasteiger partial charge in [-0.1, -0.05) is 24.3 Å². The number of aromatic hydroxyl groups is 2. The number of phenols is 2. The fourth-order valence-electron chi connectivity index (χ4n) is 1.68. The zero-order valence-corrected chi connectivity index (χ0v) is 8.19. The molecule has 15 heavy (non-hydrogen) atoms. The van der Waals surface area contributed by atoms with Gasteiger partial charge in [0, 0.05) is 0 Å². The number of carbonyl (C=O) groups excluding carboxylic acids is 1. The number of carbonyl (C=O) groups is 1. The molecule has 2 rings (SSSR count). The van der Waals surface area contributed by atoms with Gasteiger partial charge < -0.3 is 10.2 Å². The topological polar surface area (TPSA) is 57.5 Å². The second-order valence-electron chi connectivity index (χ2n) is 3.40. The predicted molar refractivity (Wildman–Crippen MR) is 57.3 cm³/mol. The standard InChI is InChI=1S/C12H10O3/c1-7(13)11-9-5-3-2-4-8(9)6-10(14)12(11)15/h2-6,14-15H,1H3. The van der Waals surface area contributed by atoms with E-state index in [-0.39, 0.29) is 22.8 Å². The van der Waals surface area contributed by atoms with Crippen molar-refractivity contribution in [3.05, 3.63) is 35.9 Å². The first-order chi connectivity index (χ1) is 7.11. The van der Waals surface area contributed by atoms with Gasteiger partial charge in [-0.15, -0.1) is 0 Å². The minimum atomic E-state index is -0.346. The third-order valence-electron chi connectivity index (χ3n) is 2.35. The van der Waals surface area contributed by atoms with Crippen LogP contribution in [0.4, 0.5) is 0 Å². The Morgan fingerprint density at radius 1 is 1.20 bits per heavy atom. The van der Waals surface area contributed by atoms with E-state index in [2.05, 4.69) is 0 Å². The largest absolute Gasteiger partial charge is 0.504 e. The minimum Gasteiger partial charge on any atom is -0.504 e. The first kappa shape index (κ1) is 9.52. The monoisotopic (exact) mass is 202 g/mol. The van der Waals surface area contributed by atoms with E-state index in [0.29, 0.717) is 5.39 Å². The molecule has 0 saturated carbocycles. The normalized spacial score (nSPS) is 10.5. The molecule has 0 atom stereocenters. The van der Waals surface area contributed by atoms with Crippen LogP contribution in [-0.2, 0) is 0 Å². The van der Waals surface area contributed by atoms with Crippen LogP contribution in [0.2, 0.25) is 0 Å². The molecule has 0 aliphatic carbocycles. The van der Waals surface area contributed by atoms with Crippen LogP contribution < -0.4 is 0 Å². The van der Waals surface area contributed by atoms with Gasteiger partial charge in [0.15, 0.2) is 17.3 Å². The Hall–Kier alpha value is -2.03. The summed E-state index contributed by atoms with van der Waals surface area (Å²) >= 11 is 0. The maximum atomic E-state index is 11.4. The zero-order chi connectivity index (χ0) is 11.0. The van der Waals surface area contributed by atoms with Crippen molar-refractivity contribution in [2.75, 3.05) is 0 Å². The number of Topliss-reactive ketones (excluding diaryl/α,β-unsaturated/α-hetero) is 1. The van der Waals surface area contributed by atoms with E-state index in [1.54, 1.807) is 18.2 Å². The lowest BCUT2D eigenvalue weighted by Crippen LogP contribution is -1.94. The summed E-state index contributed by atoms with van der Waals surface area (Å²) in [5.74, 6) is -0.875. The molecular weight excluding hydrogens is 192 g/mol. The maximum Gasteiger partial charge on any atom is 0.169 e. The number of hydrogen-bond donors (Lipinski definition) is 2. The van der Waals surface area contributed by atoms with Crippen molar-refractivity contribution in [2.24, 2.45) is 0 Å². The van der Waals surface area contributed by atoms with Crippen LogP contribution in [0, 0.1) is 0 Å². The molecule has 0 aromatic heterocycles. The summed E-state index contributed by atoms with van der Waals surface area (Å²) in [4.78, 5) is 11.4. The van der Waals surface area contributed by atoms with E-state index in [1.807, 2.05) is 6.07 Å². The van der Waals surface area contributed by atoms with Crippen LogP contribution in [-0.4, -0.2) is 16.0 Å². The van der Waals surface area contributed by atoms with Crippen molar-refractivity contribution in [2.45, 2.75) is 6.92 Å². The molecule has 0 unspecified atom stereocenters. The highest BCUT2D eigenvalue weighted by Crippen LogP contribution is 2.35. The van der Waals surface area contributed by atoms with Gasteiger partial charge in [-0.25, -0.2) is 0 Å². The lowest BCUT2D eigenvalue weighted by molar-refractivity contribution is 0.101. The molecule has 3 nitrogen and oxygen atoms in total. The van der Waals surface area contributed by atoms with Crippen LogP contribution in [0.15, 0.2) is 30.3 Å². The van der Waals surface area contributed by atoms with E-state index >= 15 is 0 Å². The summed E-state index contributed by atoms with van der Waals surface area (Å²) in [6.07, 6.45) is 0. The molecule has 0 saturated heterocycles. The number of hydrogen-bond acceptors (Lipinski definition) is 3. The van der Waals surface area contributed by atoms with Crippen LogP contribution in [0.5, 0.6) is 11.5 Å². The fraction of sp³-hybridized carbons (Fsp3) is 0.0833. The van der Waals surface area contributed by atoms with Gasteiger partial charge in [-0.2, -0.15) is 0 Å².